The number of alkyl halides is 3. The van der Waals surface area contributed by atoms with E-state index in [0.29, 0.717) is 30.5 Å². The monoisotopic (exact) mass is 406 g/mol. The van der Waals surface area contributed by atoms with Gasteiger partial charge in [0.05, 0.1) is 5.25 Å². The van der Waals surface area contributed by atoms with Gasteiger partial charge in [0, 0.05) is 29.2 Å². The van der Waals surface area contributed by atoms with E-state index in [4.69, 9.17) is 0 Å². The van der Waals surface area contributed by atoms with Crippen molar-refractivity contribution in [3.8, 4) is 0 Å². The van der Waals surface area contributed by atoms with E-state index < -0.39 is 33.3 Å². The van der Waals surface area contributed by atoms with E-state index in [1.807, 2.05) is 18.6 Å². The number of aromatic nitrogens is 1. The van der Waals surface area contributed by atoms with E-state index in [9.17, 15) is 26.0 Å². The van der Waals surface area contributed by atoms with E-state index in [0.717, 1.165) is 6.07 Å². The molecule has 0 amide bonds. The van der Waals surface area contributed by atoms with Gasteiger partial charge in [-0.05, 0) is 43.4 Å². The third kappa shape index (κ3) is 4.13. The number of fused-ring (bicyclic) bond motifs is 1. The Hall–Kier alpha value is -1.61. The molecule has 0 radical (unpaired) electrons. The molecule has 27 heavy (non-hydrogen) atoms. The molecular formula is C18H22F4N2O2S. The van der Waals surface area contributed by atoms with E-state index in [1.54, 1.807) is 4.57 Å². The lowest BCUT2D eigenvalue weighted by molar-refractivity contribution is -0.152. The summed E-state index contributed by atoms with van der Waals surface area (Å²) in [5.41, 5.74) is 0.498. The molecule has 0 saturated heterocycles. The largest absolute Gasteiger partial charge is 0.408 e. The van der Waals surface area contributed by atoms with Crippen LogP contribution in [0.5, 0.6) is 0 Å². The molecule has 0 spiro atoms. The lowest BCUT2D eigenvalue weighted by Gasteiger charge is -2.21. The van der Waals surface area contributed by atoms with Crippen molar-refractivity contribution in [1.29, 1.82) is 0 Å². The summed E-state index contributed by atoms with van der Waals surface area (Å²) < 4.78 is 83.2. The first-order chi connectivity index (χ1) is 12.4. The van der Waals surface area contributed by atoms with Crippen molar-refractivity contribution in [3.05, 3.63) is 35.3 Å². The second kappa shape index (κ2) is 6.77. The SMILES string of the molecule is Cc1cc2c(cc1F)c(C(NS(=O)(=O)C1CC1)C(F)(F)F)cn2CC(C)C. The summed E-state index contributed by atoms with van der Waals surface area (Å²) in [7, 11) is -4.09. The molecule has 1 aromatic heterocycles. The van der Waals surface area contributed by atoms with Crippen LogP contribution in [0.1, 0.15) is 43.9 Å². The second-order valence-corrected chi connectivity index (χ2v) is 9.58. The van der Waals surface area contributed by atoms with E-state index in [-0.39, 0.29) is 16.9 Å². The van der Waals surface area contributed by atoms with Gasteiger partial charge in [-0.3, -0.25) is 0 Å². The molecule has 1 aliphatic carbocycles. The van der Waals surface area contributed by atoms with Crippen LogP contribution in [-0.2, 0) is 16.6 Å². The number of sulfonamides is 1. The fraction of sp³-hybridized carbons (Fsp3) is 0.556. The van der Waals surface area contributed by atoms with Crippen LogP contribution in [0.15, 0.2) is 18.3 Å². The molecule has 1 fully saturated rings. The predicted octanol–water partition coefficient (Wildman–Crippen LogP) is 4.43. The highest BCUT2D eigenvalue weighted by atomic mass is 32.2. The third-order valence-electron chi connectivity index (χ3n) is 4.64. The molecule has 3 rings (SSSR count). The topological polar surface area (TPSA) is 51.1 Å². The summed E-state index contributed by atoms with van der Waals surface area (Å²) in [5.74, 6) is -0.483. The summed E-state index contributed by atoms with van der Waals surface area (Å²) in [5, 5.41) is -0.718. The maximum atomic E-state index is 14.1. The Bertz CT molecular complexity index is 960. The minimum Gasteiger partial charge on any atom is -0.347 e. The summed E-state index contributed by atoms with van der Waals surface area (Å²) in [6, 6.07) is 0.140. The van der Waals surface area contributed by atoms with Crippen LogP contribution in [-0.4, -0.2) is 24.4 Å². The van der Waals surface area contributed by atoms with Gasteiger partial charge in [-0.15, -0.1) is 0 Å². The van der Waals surface area contributed by atoms with Crippen molar-refractivity contribution in [3.63, 3.8) is 0 Å². The summed E-state index contributed by atoms with van der Waals surface area (Å²) in [6.07, 6.45) is -2.86. The molecule has 1 aromatic carbocycles. The van der Waals surface area contributed by atoms with Gasteiger partial charge in [0.2, 0.25) is 10.0 Å². The first-order valence-corrected chi connectivity index (χ1v) is 10.3. The smallest absolute Gasteiger partial charge is 0.347 e. The Morgan fingerprint density at radius 1 is 1.26 bits per heavy atom. The Kier molecular flexibility index (Phi) is 5.05. The van der Waals surface area contributed by atoms with Gasteiger partial charge in [-0.1, -0.05) is 13.8 Å². The third-order valence-corrected chi connectivity index (χ3v) is 6.55. The highest BCUT2D eigenvalue weighted by Gasteiger charge is 2.47. The number of hydrogen-bond acceptors (Lipinski definition) is 2. The summed E-state index contributed by atoms with van der Waals surface area (Å²) in [6.45, 7) is 5.80. The molecule has 4 nitrogen and oxygen atoms in total. The summed E-state index contributed by atoms with van der Waals surface area (Å²) in [4.78, 5) is 0. The average Bonchev–Trinajstić information content (AvgIpc) is 3.32. The number of aryl methyl sites for hydroxylation is 1. The maximum Gasteiger partial charge on any atom is 0.408 e. The minimum absolute atomic E-state index is 0.0690. The highest BCUT2D eigenvalue weighted by Crippen LogP contribution is 2.40. The van der Waals surface area contributed by atoms with E-state index in [1.165, 1.54) is 19.2 Å². The predicted molar refractivity (Wildman–Crippen MR) is 95.3 cm³/mol. The van der Waals surface area contributed by atoms with Crippen molar-refractivity contribution in [2.24, 2.45) is 5.92 Å². The first kappa shape index (κ1) is 20.1. The van der Waals surface area contributed by atoms with Crippen LogP contribution in [0.3, 0.4) is 0 Å². The molecule has 1 unspecified atom stereocenters. The van der Waals surface area contributed by atoms with Gasteiger partial charge in [0.15, 0.2) is 0 Å². The fourth-order valence-electron chi connectivity index (χ4n) is 3.16. The van der Waals surface area contributed by atoms with Crippen molar-refractivity contribution in [1.82, 2.24) is 9.29 Å². The zero-order valence-electron chi connectivity index (χ0n) is 15.3. The maximum absolute atomic E-state index is 14.1. The fourth-order valence-corrected chi connectivity index (χ4v) is 4.70. The van der Waals surface area contributed by atoms with Gasteiger partial charge >= 0.3 is 6.18 Å². The molecule has 1 heterocycles. The Morgan fingerprint density at radius 3 is 2.41 bits per heavy atom. The van der Waals surface area contributed by atoms with E-state index in [2.05, 4.69) is 0 Å². The van der Waals surface area contributed by atoms with Crippen molar-refractivity contribution in [2.75, 3.05) is 0 Å². The van der Waals surface area contributed by atoms with E-state index >= 15 is 0 Å². The van der Waals surface area contributed by atoms with Gasteiger partial charge in [0.1, 0.15) is 11.9 Å². The number of nitrogens with one attached hydrogen (secondary N) is 1. The number of benzene rings is 1. The molecule has 1 atom stereocenters. The van der Waals surface area contributed by atoms with Gasteiger partial charge in [-0.25, -0.2) is 12.8 Å². The molecule has 2 aromatic rings. The molecule has 1 saturated carbocycles. The normalized spacial score (nSPS) is 17.0. The number of halogens is 4. The van der Waals surface area contributed by atoms with Crippen LogP contribution < -0.4 is 4.72 Å². The quantitative estimate of drug-likeness (QED) is 0.722. The molecule has 1 aliphatic rings. The Balaban J connectivity index is 2.17. The van der Waals surface area contributed by atoms with Crippen LogP contribution in [0.4, 0.5) is 17.6 Å². The van der Waals surface area contributed by atoms with Crippen molar-refractivity contribution < 1.29 is 26.0 Å². The average molecular weight is 406 g/mol. The molecule has 0 aliphatic heterocycles. The number of hydrogen-bond donors (Lipinski definition) is 1. The Morgan fingerprint density at radius 2 is 1.89 bits per heavy atom. The van der Waals surface area contributed by atoms with Gasteiger partial charge in [-0.2, -0.15) is 17.9 Å². The minimum atomic E-state index is -4.85. The lowest BCUT2D eigenvalue weighted by Crippen LogP contribution is -2.39. The highest BCUT2D eigenvalue weighted by molar-refractivity contribution is 7.90. The molecule has 0 bridgehead atoms. The molecule has 9 heteroatoms. The molecular weight excluding hydrogens is 384 g/mol. The lowest BCUT2D eigenvalue weighted by atomic mass is 10.0. The number of nitrogens with zero attached hydrogens (tertiary/aromatic N) is 1. The number of rotatable bonds is 6. The van der Waals surface area contributed by atoms with Gasteiger partial charge in [0.25, 0.3) is 0 Å². The standard InChI is InChI=1S/C18H22F4N2O2S/c1-10(2)8-24-9-14(13-7-15(19)11(3)6-16(13)24)17(18(20,21)22)23-27(25,26)12-4-5-12/h6-7,9-10,12,17,23H,4-5,8H2,1-3H3. The van der Waals surface area contributed by atoms with Crippen molar-refractivity contribution in [2.45, 2.75) is 57.6 Å². The first-order valence-electron chi connectivity index (χ1n) is 8.77. The van der Waals surface area contributed by atoms with Crippen LogP contribution in [0.2, 0.25) is 0 Å². The van der Waals surface area contributed by atoms with Crippen LogP contribution >= 0.6 is 0 Å². The summed E-state index contributed by atoms with van der Waals surface area (Å²) >= 11 is 0. The van der Waals surface area contributed by atoms with Crippen LogP contribution in [0, 0.1) is 18.7 Å². The second-order valence-electron chi connectivity index (χ2n) is 7.59. The van der Waals surface area contributed by atoms with Crippen LogP contribution in [0.25, 0.3) is 10.9 Å². The molecule has 150 valence electrons. The Labute approximate surface area is 155 Å². The van der Waals surface area contributed by atoms with Crippen molar-refractivity contribution >= 4 is 20.9 Å². The van der Waals surface area contributed by atoms with Gasteiger partial charge < -0.3 is 4.57 Å². The zero-order valence-corrected chi connectivity index (χ0v) is 16.1. The zero-order chi connectivity index (χ0) is 20.1. The molecule has 1 N–H and O–H groups in total.